The number of hydrogen-bond donors (Lipinski definition) is 0. The average Bonchev–Trinajstić information content (AvgIpc) is 2.87. The molecule has 1 heterocycles. The van der Waals surface area contributed by atoms with Crippen LogP contribution in [-0.4, -0.2) is 17.4 Å². The normalized spacial score (nSPS) is 14.8. The zero-order valence-corrected chi connectivity index (χ0v) is 19.7. The molecule has 0 spiro atoms. The van der Waals surface area contributed by atoms with Crippen LogP contribution >= 0.6 is 0 Å². The molecule has 1 aliphatic rings. The summed E-state index contributed by atoms with van der Waals surface area (Å²) in [5.74, 6) is 0.0996. The molecule has 4 aromatic rings. The number of nitrogens with zero attached hydrogens (tertiary/aromatic N) is 1. The lowest BCUT2D eigenvalue weighted by molar-refractivity contribution is 0.0746. The molecule has 4 aromatic carbocycles. The number of carbonyl (C=O) groups is 1. The molecule has 166 valence electrons. The smallest absolute Gasteiger partial charge is 0.254 e. The molecule has 33 heavy (non-hydrogen) atoms. The van der Waals surface area contributed by atoms with Crippen LogP contribution in [0, 0.1) is 0 Å². The fourth-order valence-electron chi connectivity index (χ4n) is 4.38. The highest BCUT2D eigenvalue weighted by molar-refractivity contribution is 6.07. The molecule has 0 N–H and O–H groups in total. The molecule has 0 atom stereocenters. The van der Waals surface area contributed by atoms with Gasteiger partial charge < -0.3 is 4.90 Å². The van der Waals surface area contributed by atoms with Gasteiger partial charge in [-0.1, -0.05) is 104 Å². The van der Waals surface area contributed by atoms with Crippen molar-refractivity contribution >= 4 is 22.8 Å². The Bertz CT molecular complexity index is 1280. The first-order chi connectivity index (χ1) is 16.2. The summed E-state index contributed by atoms with van der Waals surface area (Å²) in [6.07, 6.45) is 3.15. The van der Waals surface area contributed by atoms with Gasteiger partial charge in [0.2, 0.25) is 0 Å². The van der Waals surface area contributed by atoms with Gasteiger partial charge in [-0.05, 0) is 58.5 Å². The maximum atomic E-state index is 13.7. The Morgan fingerprint density at radius 3 is 2.33 bits per heavy atom. The predicted molar refractivity (Wildman–Crippen MR) is 140 cm³/mol. The van der Waals surface area contributed by atoms with E-state index in [4.69, 9.17) is 0 Å². The van der Waals surface area contributed by atoms with E-state index in [1.165, 1.54) is 27.8 Å². The Labute approximate surface area is 197 Å². The molecule has 1 amide bonds. The molecule has 0 bridgehead atoms. The topological polar surface area (TPSA) is 20.3 Å². The monoisotopic (exact) mass is 433 g/mol. The highest BCUT2D eigenvalue weighted by Crippen LogP contribution is 2.28. The number of benzene rings is 4. The van der Waals surface area contributed by atoms with Gasteiger partial charge in [0.05, 0.1) is 0 Å². The molecule has 0 unspecified atom stereocenters. The average molecular weight is 434 g/mol. The Hall–Kier alpha value is -3.65. The van der Waals surface area contributed by atoms with Gasteiger partial charge in [-0.3, -0.25) is 4.79 Å². The molecular weight excluding hydrogens is 402 g/mol. The minimum absolute atomic E-state index is 0.0996. The SMILES string of the molecule is C/C1=C\c2ccc(-c3ccccc3)cc2CN(C(=O)c2cccc3ccccc23)CC1.CC. The van der Waals surface area contributed by atoms with Gasteiger partial charge in [0.15, 0.2) is 0 Å². The van der Waals surface area contributed by atoms with Crippen molar-refractivity contribution in [3.63, 3.8) is 0 Å². The molecule has 0 aromatic heterocycles. The molecule has 0 aliphatic carbocycles. The van der Waals surface area contributed by atoms with Crippen LogP contribution in [-0.2, 0) is 6.54 Å². The molecular formula is C31H31NO. The number of fused-ring (bicyclic) bond motifs is 2. The van der Waals surface area contributed by atoms with Crippen LogP contribution in [0.15, 0.2) is 96.6 Å². The number of amides is 1. The van der Waals surface area contributed by atoms with Crippen LogP contribution in [0.5, 0.6) is 0 Å². The lowest BCUT2D eigenvalue weighted by Crippen LogP contribution is -2.32. The van der Waals surface area contributed by atoms with Crippen molar-refractivity contribution in [3.05, 3.63) is 113 Å². The largest absolute Gasteiger partial charge is 0.334 e. The third-order valence-corrected chi connectivity index (χ3v) is 6.10. The van der Waals surface area contributed by atoms with Gasteiger partial charge in [0, 0.05) is 18.7 Å². The molecule has 2 heteroatoms. The standard InChI is InChI=1S/C29H25NO.C2H6/c1-21-16-17-30(29(31)28-13-7-11-23-10-5-6-12-27(23)28)20-26-19-25(15-14-24(26)18-21)22-8-3-2-4-9-22;1-2/h2-15,18-19H,16-17,20H2,1H3;1-2H3/b21-18+;. The quantitative estimate of drug-likeness (QED) is 0.314. The second-order valence-corrected chi connectivity index (χ2v) is 8.27. The summed E-state index contributed by atoms with van der Waals surface area (Å²) in [4.78, 5) is 15.7. The fourth-order valence-corrected chi connectivity index (χ4v) is 4.38. The zero-order chi connectivity index (χ0) is 23.2. The Morgan fingerprint density at radius 1 is 0.788 bits per heavy atom. The van der Waals surface area contributed by atoms with E-state index in [0.717, 1.165) is 29.3 Å². The molecule has 0 saturated heterocycles. The summed E-state index contributed by atoms with van der Waals surface area (Å²) in [6, 6.07) is 31.1. The van der Waals surface area contributed by atoms with Crippen molar-refractivity contribution in [2.75, 3.05) is 6.54 Å². The molecule has 5 rings (SSSR count). The van der Waals surface area contributed by atoms with Gasteiger partial charge in [-0.2, -0.15) is 0 Å². The number of rotatable bonds is 2. The first-order valence-corrected chi connectivity index (χ1v) is 11.8. The molecule has 0 fully saturated rings. The van der Waals surface area contributed by atoms with Crippen molar-refractivity contribution in [2.45, 2.75) is 33.7 Å². The second kappa shape index (κ2) is 10.3. The van der Waals surface area contributed by atoms with Crippen LogP contribution in [0.3, 0.4) is 0 Å². The minimum atomic E-state index is 0.0996. The van der Waals surface area contributed by atoms with E-state index < -0.39 is 0 Å². The van der Waals surface area contributed by atoms with E-state index in [0.29, 0.717) is 6.54 Å². The molecule has 1 aliphatic heterocycles. The number of hydrogen-bond acceptors (Lipinski definition) is 1. The third kappa shape index (κ3) is 4.90. The lowest BCUT2D eigenvalue weighted by atomic mass is 9.95. The third-order valence-electron chi connectivity index (χ3n) is 6.10. The minimum Gasteiger partial charge on any atom is -0.334 e. The van der Waals surface area contributed by atoms with Gasteiger partial charge in [0.1, 0.15) is 0 Å². The molecule has 0 radical (unpaired) electrons. The van der Waals surface area contributed by atoms with Crippen molar-refractivity contribution in [2.24, 2.45) is 0 Å². The Balaban J connectivity index is 0.00000126. The van der Waals surface area contributed by atoms with E-state index in [9.17, 15) is 4.79 Å². The summed E-state index contributed by atoms with van der Waals surface area (Å²) in [7, 11) is 0. The first-order valence-electron chi connectivity index (χ1n) is 11.8. The van der Waals surface area contributed by atoms with Crippen molar-refractivity contribution in [1.29, 1.82) is 0 Å². The van der Waals surface area contributed by atoms with Crippen LogP contribution in [0.2, 0.25) is 0 Å². The summed E-state index contributed by atoms with van der Waals surface area (Å²) >= 11 is 0. The van der Waals surface area contributed by atoms with Gasteiger partial charge >= 0.3 is 0 Å². The fraction of sp³-hybridized carbons (Fsp3) is 0.194. The van der Waals surface area contributed by atoms with E-state index >= 15 is 0 Å². The van der Waals surface area contributed by atoms with E-state index in [2.05, 4.69) is 67.6 Å². The van der Waals surface area contributed by atoms with Crippen LogP contribution < -0.4 is 0 Å². The maximum Gasteiger partial charge on any atom is 0.254 e. The highest BCUT2D eigenvalue weighted by Gasteiger charge is 2.21. The predicted octanol–water partition coefficient (Wildman–Crippen LogP) is 7.98. The maximum absolute atomic E-state index is 13.7. The van der Waals surface area contributed by atoms with E-state index in [-0.39, 0.29) is 5.91 Å². The molecule has 2 nitrogen and oxygen atoms in total. The van der Waals surface area contributed by atoms with Gasteiger partial charge in [-0.25, -0.2) is 0 Å². The summed E-state index contributed by atoms with van der Waals surface area (Å²) in [6.45, 7) is 7.49. The molecule has 0 saturated carbocycles. The van der Waals surface area contributed by atoms with Crippen LogP contribution in [0.4, 0.5) is 0 Å². The van der Waals surface area contributed by atoms with Crippen molar-refractivity contribution < 1.29 is 4.79 Å². The second-order valence-electron chi connectivity index (χ2n) is 8.27. The summed E-state index contributed by atoms with van der Waals surface area (Å²) in [5.41, 5.74) is 6.84. The van der Waals surface area contributed by atoms with Gasteiger partial charge in [-0.15, -0.1) is 0 Å². The summed E-state index contributed by atoms with van der Waals surface area (Å²) in [5, 5.41) is 2.12. The Morgan fingerprint density at radius 2 is 1.52 bits per heavy atom. The Kier molecular flexibility index (Phi) is 7.04. The zero-order valence-electron chi connectivity index (χ0n) is 19.7. The van der Waals surface area contributed by atoms with E-state index in [1.54, 1.807) is 0 Å². The van der Waals surface area contributed by atoms with Crippen LogP contribution in [0.25, 0.3) is 28.0 Å². The van der Waals surface area contributed by atoms with Crippen LogP contribution in [0.1, 0.15) is 48.7 Å². The number of carbonyl (C=O) groups excluding carboxylic acids is 1. The highest BCUT2D eigenvalue weighted by atomic mass is 16.2. The van der Waals surface area contributed by atoms with Gasteiger partial charge in [0.25, 0.3) is 5.91 Å². The first kappa shape index (κ1) is 22.5. The summed E-state index contributed by atoms with van der Waals surface area (Å²) < 4.78 is 0. The lowest BCUT2D eigenvalue weighted by Gasteiger charge is -2.27. The van der Waals surface area contributed by atoms with Crippen molar-refractivity contribution in [1.82, 2.24) is 4.90 Å². The van der Waals surface area contributed by atoms with Crippen molar-refractivity contribution in [3.8, 4) is 11.1 Å². The van der Waals surface area contributed by atoms with E-state index in [1.807, 2.05) is 55.1 Å².